The molecule has 1 aliphatic heterocycles. The lowest BCUT2D eigenvalue weighted by Crippen LogP contribution is -2.39. The van der Waals surface area contributed by atoms with Gasteiger partial charge < -0.3 is 21.0 Å². The van der Waals surface area contributed by atoms with Gasteiger partial charge in [0.2, 0.25) is 5.91 Å². The highest BCUT2D eigenvalue weighted by atomic mass is 16.6. The molecule has 0 saturated heterocycles. The normalized spacial score (nSPS) is 13.5. The molecule has 0 fully saturated rings. The van der Waals surface area contributed by atoms with E-state index in [0.717, 1.165) is 18.2 Å². The Morgan fingerprint density at radius 1 is 1.17 bits per heavy atom. The summed E-state index contributed by atoms with van der Waals surface area (Å²) < 4.78 is 4.08. The molecule has 136 valence electrons. The van der Waals surface area contributed by atoms with Gasteiger partial charge in [0.1, 0.15) is 0 Å². The summed E-state index contributed by atoms with van der Waals surface area (Å²) in [4.78, 5) is 39.2. The average Bonchev–Trinajstić information content (AvgIpc) is 2.67. The van der Waals surface area contributed by atoms with Crippen LogP contribution in [0.1, 0.15) is 41.5 Å². The molecule has 0 spiro atoms. The molecule has 8 nitrogen and oxygen atoms in total. The molecular weight excluding hydrogens is 316 g/mol. The van der Waals surface area contributed by atoms with Gasteiger partial charge in [0.25, 0.3) is 0 Å². The van der Waals surface area contributed by atoms with E-state index in [0.29, 0.717) is 0 Å². The fourth-order valence-electron chi connectivity index (χ4n) is 0.869. The van der Waals surface area contributed by atoms with Gasteiger partial charge in [-0.15, -0.1) is 0 Å². The van der Waals surface area contributed by atoms with E-state index in [1.54, 1.807) is 0 Å². The number of carbonyl (C=O) groups is 3. The van der Waals surface area contributed by atoms with Crippen molar-refractivity contribution in [3.05, 3.63) is 24.3 Å². The molecule has 0 aromatic carbocycles. The van der Waals surface area contributed by atoms with Crippen LogP contribution in [0.3, 0.4) is 0 Å². The summed E-state index contributed by atoms with van der Waals surface area (Å²) in [6.45, 7) is 11.4. The zero-order chi connectivity index (χ0) is 19.6. The zero-order valence-electron chi connectivity index (χ0n) is 14.9. The van der Waals surface area contributed by atoms with E-state index in [-0.39, 0.29) is 17.0 Å². The predicted molar refractivity (Wildman–Crippen MR) is 90.8 cm³/mol. The van der Waals surface area contributed by atoms with Crippen LogP contribution < -0.4 is 11.1 Å². The van der Waals surface area contributed by atoms with Gasteiger partial charge in [-0.25, -0.2) is 14.3 Å². The maximum atomic E-state index is 10.9. The second-order valence-corrected chi connectivity index (χ2v) is 6.87. The summed E-state index contributed by atoms with van der Waals surface area (Å²) in [5.74, 6) is -2.37. The quantitative estimate of drug-likeness (QED) is 0.294. The van der Waals surface area contributed by atoms with Crippen LogP contribution in [-0.2, 0) is 19.1 Å². The number of cyclic esters (lactones) is 2. The minimum absolute atomic E-state index is 0. The summed E-state index contributed by atoms with van der Waals surface area (Å²) in [5, 5.41) is 10.8. The second-order valence-electron chi connectivity index (χ2n) is 6.87. The number of carboxylic acids is 1. The molecule has 0 unspecified atom stereocenters. The molecule has 0 bridgehead atoms. The van der Waals surface area contributed by atoms with Gasteiger partial charge in [0.05, 0.1) is 12.2 Å². The molecule has 1 heterocycles. The van der Waals surface area contributed by atoms with Gasteiger partial charge >= 0.3 is 17.9 Å². The van der Waals surface area contributed by atoms with Crippen molar-refractivity contribution in [2.24, 2.45) is 5.73 Å². The van der Waals surface area contributed by atoms with Crippen LogP contribution in [0.4, 0.5) is 0 Å². The number of rotatable bonds is 2. The van der Waals surface area contributed by atoms with Crippen LogP contribution in [0, 0.1) is 0 Å². The maximum absolute atomic E-state index is 10.9. The van der Waals surface area contributed by atoms with Crippen molar-refractivity contribution in [1.29, 1.82) is 0 Å². The number of hydrogen-bond donors (Lipinski definition) is 3. The van der Waals surface area contributed by atoms with E-state index in [1.807, 2.05) is 41.5 Å². The van der Waals surface area contributed by atoms with Gasteiger partial charge in [-0.2, -0.15) is 0 Å². The first-order chi connectivity index (χ1) is 10.6. The minimum Gasteiger partial charge on any atom is -0.478 e. The van der Waals surface area contributed by atoms with Gasteiger partial charge in [0.15, 0.2) is 0 Å². The van der Waals surface area contributed by atoms with E-state index in [1.165, 1.54) is 6.08 Å². The standard InChI is InChI=1S/C8H13NO3.C4H11N.C4H2O3/c1-8(2,3)9-6(10)4-5-7(11)12;1-4(2,3)5;5-3-1-2-4(6)7-3/h4-5H,1-3H3,(H,9,10)(H,11,12);5H2,1-3H3;1-2H/p+1/b5-4-;;. The van der Waals surface area contributed by atoms with Crippen LogP contribution >= 0.6 is 0 Å². The van der Waals surface area contributed by atoms with Gasteiger partial charge in [-0.3, -0.25) is 4.79 Å². The van der Waals surface area contributed by atoms with Gasteiger partial charge in [0, 0.05) is 23.2 Å². The lowest BCUT2D eigenvalue weighted by molar-refractivity contribution is -0.132. The van der Waals surface area contributed by atoms with Crippen molar-refractivity contribution in [3.8, 4) is 0 Å². The van der Waals surface area contributed by atoms with Crippen LogP contribution in [0.15, 0.2) is 24.3 Å². The first kappa shape index (κ1) is 23.8. The Hall–Kier alpha value is -2.48. The first-order valence-electron chi connectivity index (χ1n) is 7.08. The summed E-state index contributed by atoms with van der Waals surface area (Å²) in [6, 6.07) is 0. The van der Waals surface area contributed by atoms with Crippen molar-refractivity contribution in [3.63, 3.8) is 0 Å². The Kier molecular flexibility index (Phi) is 10.2. The van der Waals surface area contributed by atoms with E-state index >= 15 is 0 Å². The SMILES string of the molecule is CC(C)(C)N.CC(C)(C)NC(=O)/C=C\C(=O)O.O=C1C=CC(=[OH+])O1. The molecule has 0 aromatic rings. The van der Waals surface area contributed by atoms with Crippen molar-refractivity contribution in [2.75, 3.05) is 0 Å². The van der Waals surface area contributed by atoms with E-state index in [2.05, 4.69) is 10.1 Å². The van der Waals surface area contributed by atoms with Crippen LogP contribution in [-0.4, -0.2) is 44.8 Å². The maximum Gasteiger partial charge on any atom is 0.519 e. The molecule has 0 aliphatic carbocycles. The average molecular weight is 343 g/mol. The summed E-state index contributed by atoms with van der Waals surface area (Å²) in [7, 11) is 0. The van der Waals surface area contributed by atoms with Crippen LogP contribution in [0.5, 0.6) is 0 Å². The lowest BCUT2D eigenvalue weighted by Gasteiger charge is -2.18. The highest BCUT2D eigenvalue weighted by molar-refractivity contribution is 6.05. The highest BCUT2D eigenvalue weighted by Crippen LogP contribution is 1.97. The number of nitrogens with two attached hydrogens (primary N) is 1. The summed E-state index contributed by atoms with van der Waals surface area (Å²) >= 11 is 0. The molecule has 0 saturated carbocycles. The molecule has 0 radical (unpaired) electrons. The molecule has 1 rings (SSSR count). The van der Waals surface area contributed by atoms with Crippen molar-refractivity contribution in [2.45, 2.75) is 52.6 Å². The molecule has 5 N–H and O–H groups in total. The fraction of sp³-hybridized carbons (Fsp3) is 0.500. The van der Waals surface area contributed by atoms with E-state index < -0.39 is 17.8 Å². The highest BCUT2D eigenvalue weighted by Gasteiger charge is 2.21. The number of amides is 1. The van der Waals surface area contributed by atoms with Crippen LogP contribution in [0.2, 0.25) is 0 Å². The molecule has 1 amide bonds. The second kappa shape index (κ2) is 10.3. The Balaban J connectivity index is 0. The van der Waals surface area contributed by atoms with Crippen molar-refractivity contribution in [1.82, 2.24) is 5.32 Å². The number of nitrogens with one attached hydrogen (secondary N) is 1. The van der Waals surface area contributed by atoms with Gasteiger partial charge in [-0.05, 0) is 41.5 Å². The smallest absolute Gasteiger partial charge is 0.478 e. The molecule has 0 aromatic heterocycles. The Morgan fingerprint density at radius 2 is 1.62 bits per heavy atom. The molecular formula is C16H27N2O6+. The minimum atomic E-state index is -1.13. The predicted octanol–water partition coefficient (Wildman–Crippen LogP) is 0.887. The van der Waals surface area contributed by atoms with Crippen LogP contribution in [0.25, 0.3) is 0 Å². The third kappa shape index (κ3) is 24.5. The van der Waals surface area contributed by atoms with E-state index in [4.69, 9.17) is 15.6 Å². The number of carbonyl (C=O) groups excluding carboxylic acids is 3. The fourth-order valence-corrected chi connectivity index (χ4v) is 0.869. The molecule has 24 heavy (non-hydrogen) atoms. The van der Waals surface area contributed by atoms with Crippen molar-refractivity contribution < 1.29 is 29.0 Å². The largest absolute Gasteiger partial charge is 0.519 e. The Labute approximate surface area is 141 Å². The third-order valence-electron chi connectivity index (χ3n) is 1.44. The number of aliphatic carboxylic acids is 1. The number of carboxylic acid groups (broad SMARTS) is 1. The number of esters is 2. The zero-order valence-corrected chi connectivity index (χ0v) is 14.9. The first-order valence-corrected chi connectivity index (χ1v) is 7.08. The topological polar surface area (TPSA) is 140 Å². The Bertz CT molecular complexity index is 500. The number of ether oxygens (including phenoxy) is 1. The van der Waals surface area contributed by atoms with E-state index in [9.17, 15) is 14.4 Å². The lowest BCUT2D eigenvalue weighted by atomic mass is 10.1. The summed E-state index contributed by atoms with van der Waals surface area (Å²) in [6.07, 6.45) is 4.15. The number of hydrogen-bond acceptors (Lipinski definition) is 5. The Morgan fingerprint density at radius 3 is 1.83 bits per heavy atom. The van der Waals surface area contributed by atoms with Gasteiger partial charge in [-0.1, -0.05) is 0 Å². The monoisotopic (exact) mass is 343 g/mol. The third-order valence-corrected chi connectivity index (χ3v) is 1.44. The summed E-state index contributed by atoms with van der Waals surface area (Å²) in [5.41, 5.74) is 5.02. The van der Waals surface area contributed by atoms with Crippen molar-refractivity contribution >= 4 is 23.8 Å². The molecule has 0 atom stereocenters. The molecule has 8 heteroatoms. The molecule has 1 aliphatic rings.